The molecule has 8 nitrogen and oxygen atoms in total. The highest BCUT2D eigenvalue weighted by atomic mass is 127. The summed E-state index contributed by atoms with van der Waals surface area (Å²) in [6, 6.07) is 8.28. The van der Waals surface area contributed by atoms with E-state index in [4.69, 9.17) is 5.73 Å². The van der Waals surface area contributed by atoms with Crippen LogP contribution >= 0.6 is 22.6 Å². The van der Waals surface area contributed by atoms with Gasteiger partial charge < -0.3 is 20.5 Å². The first kappa shape index (κ1) is 21.0. The molecule has 1 unspecified atom stereocenters. The van der Waals surface area contributed by atoms with Crippen LogP contribution in [0.2, 0.25) is 0 Å². The molecule has 0 amide bonds. The summed E-state index contributed by atoms with van der Waals surface area (Å²) in [5.41, 5.74) is 8.16. The fourth-order valence-corrected chi connectivity index (χ4v) is 4.55. The first-order valence-corrected chi connectivity index (χ1v) is 11.4. The minimum atomic E-state index is -0.808. The minimum Gasteiger partial charge on any atom is -0.352 e. The molecule has 0 spiro atoms. The van der Waals surface area contributed by atoms with E-state index in [1.54, 1.807) is 30.9 Å². The molecule has 10 heteroatoms. The molecule has 1 aliphatic rings. The van der Waals surface area contributed by atoms with Crippen molar-refractivity contribution in [3.05, 3.63) is 69.7 Å². The van der Waals surface area contributed by atoms with Gasteiger partial charge in [0.15, 0.2) is 0 Å². The standard InChI is InChI=1S/C22H22FIN8/c1-22(25,14-2-4-16(23)5-3-14)15-11-26-21(27-12-15)32-8-6-31(7-9-32)20-17-10-18(24)30-19(17)28-13-29-20/h2-5,10-13H,6-9,25H2,1H3,(H,28,29,30). The maximum atomic E-state index is 13.3. The predicted molar refractivity (Wildman–Crippen MR) is 130 cm³/mol. The molecule has 32 heavy (non-hydrogen) atoms. The Morgan fingerprint density at radius 1 is 0.969 bits per heavy atom. The second kappa shape index (κ2) is 8.24. The van der Waals surface area contributed by atoms with Crippen LogP contribution in [0.3, 0.4) is 0 Å². The number of halogens is 2. The number of hydrogen-bond donors (Lipinski definition) is 2. The molecule has 1 aliphatic heterocycles. The highest BCUT2D eigenvalue weighted by Gasteiger charge is 2.26. The van der Waals surface area contributed by atoms with Gasteiger partial charge in [-0.2, -0.15) is 0 Å². The van der Waals surface area contributed by atoms with Crippen molar-refractivity contribution in [1.82, 2.24) is 24.9 Å². The summed E-state index contributed by atoms with van der Waals surface area (Å²) in [5, 5.41) is 1.04. The van der Waals surface area contributed by atoms with Crippen LogP contribution in [0.1, 0.15) is 18.1 Å². The van der Waals surface area contributed by atoms with Crippen LogP contribution in [0.15, 0.2) is 49.1 Å². The van der Waals surface area contributed by atoms with Crippen molar-refractivity contribution < 1.29 is 4.39 Å². The van der Waals surface area contributed by atoms with Crippen molar-refractivity contribution in [3.63, 3.8) is 0 Å². The van der Waals surface area contributed by atoms with Crippen LogP contribution < -0.4 is 15.5 Å². The Morgan fingerprint density at radius 2 is 1.62 bits per heavy atom. The molecular formula is C22H22FIN8. The van der Waals surface area contributed by atoms with Crippen LogP contribution in [0.25, 0.3) is 11.0 Å². The third-order valence-electron chi connectivity index (χ3n) is 5.92. The van der Waals surface area contributed by atoms with Gasteiger partial charge >= 0.3 is 0 Å². The maximum absolute atomic E-state index is 13.3. The minimum absolute atomic E-state index is 0.288. The fraction of sp³-hybridized carbons (Fsp3) is 0.273. The monoisotopic (exact) mass is 544 g/mol. The third kappa shape index (κ3) is 3.88. The number of nitrogens with one attached hydrogen (secondary N) is 1. The van der Waals surface area contributed by atoms with Crippen molar-refractivity contribution in [2.75, 3.05) is 36.0 Å². The molecule has 0 aliphatic carbocycles. The van der Waals surface area contributed by atoms with Crippen LogP contribution in [-0.2, 0) is 5.54 Å². The van der Waals surface area contributed by atoms with Gasteiger partial charge in [0.05, 0.1) is 14.6 Å². The molecular weight excluding hydrogens is 522 g/mol. The number of fused-ring (bicyclic) bond motifs is 1. The van der Waals surface area contributed by atoms with E-state index < -0.39 is 5.54 Å². The number of benzene rings is 1. The normalized spacial score (nSPS) is 16.4. The molecule has 4 heterocycles. The molecule has 0 bridgehead atoms. The zero-order valence-electron chi connectivity index (χ0n) is 17.5. The van der Waals surface area contributed by atoms with E-state index in [0.717, 1.165) is 57.9 Å². The van der Waals surface area contributed by atoms with Gasteiger partial charge in [-0.05, 0) is 53.3 Å². The summed E-state index contributed by atoms with van der Waals surface area (Å²) in [6.07, 6.45) is 5.12. The molecule has 3 N–H and O–H groups in total. The Kier molecular flexibility index (Phi) is 5.41. The number of rotatable bonds is 4. The van der Waals surface area contributed by atoms with Gasteiger partial charge in [0.25, 0.3) is 0 Å². The average Bonchev–Trinajstić information content (AvgIpc) is 3.20. The second-order valence-corrected chi connectivity index (χ2v) is 9.19. The Labute approximate surface area is 198 Å². The topological polar surface area (TPSA) is 99.9 Å². The van der Waals surface area contributed by atoms with Crippen molar-refractivity contribution in [2.45, 2.75) is 12.5 Å². The molecule has 3 aromatic heterocycles. The Hall–Kier alpha value is -2.86. The number of nitrogens with two attached hydrogens (primary N) is 1. The number of aromatic amines is 1. The van der Waals surface area contributed by atoms with Gasteiger partial charge in [0.1, 0.15) is 23.6 Å². The maximum Gasteiger partial charge on any atom is 0.225 e. The first-order valence-electron chi connectivity index (χ1n) is 10.3. The zero-order valence-corrected chi connectivity index (χ0v) is 19.6. The number of aromatic nitrogens is 5. The van der Waals surface area contributed by atoms with Gasteiger partial charge in [-0.25, -0.2) is 24.3 Å². The lowest BCUT2D eigenvalue weighted by molar-refractivity contribution is 0.585. The lowest BCUT2D eigenvalue weighted by Gasteiger charge is -2.35. The van der Waals surface area contributed by atoms with Gasteiger partial charge in [0.2, 0.25) is 5.95 Å². The molecule has 1 atom stereocenters. The van der Waals surface area contributed by atoms with E-state index >= 15 is 0 Å². The quantitative estimate of drug-likeness (QED) is 0.381. The number of piperazine rings is 1. The molecule has 5 rings (SSSR count). The largest absolute Gasteiger partial charge is 0.352 e. The van der Waals surface area contributed by atoms with Gasteiger partial charge in [-0.1, -0.05) is 12.1 Å². The van der Waals surface area contributed by atoms with E-state index in [-0.39, 0.29) is 5.82 Å². The SMILES string of the molecule is CC(N)(c1ccc(F)cc1)c1cnc(N2CCN(c3ncnc4[nH]c(I)cc34)CC2)nc1. The van der Waals surface area contributed by atoms with Crippen molar-refractivity contribution in [2.24, 2.45) is 5.73 Å². The van der Waals surface area contributed by atoms with E-state index in [9.17, 15) is 4.39 Å². The molecule has 0 saturated carbocycles. The number of nitrogens with zero attached hydrogens (tertiary/aromatic N) is 6. The lowest BCUT2D eigenvalue weighted by Crippen LogP contribution is -2.47. The van der Waals surface area contributed by atoms with Gasteiger partial charge in [0, 0.05) is 44.1 Å². The molecule has 1 fully saturated rings. The molecule has 4 aromatic rings. The molecule has 0 radical (unpaired) electrons. The van der Waals surface area contributed by atoms with E-state index in [1.807, 2.05) is 6.92 Å². The molecule has 1 aromatic carbocycles. The van der Waals surface area contributed by atoms with Crippen molar-refractivity contribution in [3.8, 4) is 0 Å². The third-order valence-corrected chi connectivity index (χ3v) is 6.50. The Morgan fingerprint density at radius 3 is 2.31 bits per heavy atom. The van der Waals surface area contributed by atoms with Crippen LogP contribution in [-0.4, -0.2) is 51.1 Å². The Bertz CT molecular complexity index is 1230. The smallest absolute Gasteiger partial charge is 0.225 e. The van der Waals surface area contributed by atoms with E-state index in [2.05, 4.69) is 63.4 Å². The summed E-state index contributed by atoms with van der Waals surface area (Å²) in [5.74, 6) is 1.33. The number of H-pyrrole nitrogens is 1. The predicted octanol–water partition coefficient (Wildman–Crippen LogP) is 3.04. The average molecular weight is 544 g/mol. The number of anilines is 2. The highest BCUT2D eigenvalue weighted by Crippen LogP contribution is 2.28. The van der Waals surface area contributed by atoms with Gasteiger partial charge in [-0.3, -0.25) is 0 Å². The van der Waals surface area contributed by atoms with Crippen molar-refractivity contribution >= 4 is 45.4 Å². The van der Waals surface area contributed by atoms with Crippen LogP contribution in [0.4, 0.5) is 16.2 Å². The summed E-state index contributed by atoms with van der Waals surface area (Å²) < 4.78 is 14.3. The summed E-state index contributed by atoms with van der Waals surface area (Å²) in [7, 11) is 0. The summed E-state index contributed by atoms with van der Waals surface area (Å²) in [6.45, 7) is 5.06. The fourth-order valence-electron chi connectivity index (χ4n) is 3.98. The van der Waals surface area contributed by atoms with Crippen LogP contribution in [0.5, 0.6) is 0 Å². The van der Waals surface area contributed by atoms with E-state index in [0.29, 0.717) is 5.95 Å². The van der Waals surface area contributed by atoms with Gasteiger partial charge in [-0.15, -0.1) is 0 Å². The summed E-state index contributed by atoms with van der Waals surface area (Å²) >= 11 is 2.25. The zero-order chi connectivity index (χ0) is 22.3. The molecule has 1 saturated heterocycles. The molecule has 164 valence electrons. The van der Waals surface area contributed by atoms with E-state index in [1.165, 1.54) is 12.1 Å². The van der Waals surface area contributed by atoms with Crippen LogP contribution in [0, 0.1) is 9.52 Å². The van der Waals surface area contributed by atoms with Crippen molar-refractivity contribution in [1.29, 1.82) is 0 Å². The Balaban J connectivity index is 1.29. The first-order chi connectivity index (χ1) is 15.4. The second-order valence-electron chi connectivity index (χ2n) is 8.03. The number of hydrogen-bond acceptors (Lipinski definition) is 7. The lowest BCUT2D eigenvalue weighted by atomic mass is 9.87. The highest BCUT2D eigenvalue weighted by molar-refractivity contribution is 14.1. The summed E-state index contributed by atoms with van der Waals surface area (Å²) in [4.78, 5) is 25.7.